The molecule has 1 saturated heterocycles. The van der Waals surface area contributed by atoms with Crippen molar-refractivity contribution in [3.63, 3.8) is 0 Å². The summed E-state index contributed by atoms with van der Waals surface area (Å²) in [5.74, 6) is -3.02. The predicted octanol–water partition coefficient (Wildman–Crippen LogP) is 3.84. The molecule has 1 aromatic carbocycles. The first-order valence-electron chi connectivity index (χ1n) is 10.00. The van der Waals surface area contributed by atoms with Crippen LogP contribution in [0.25, 0.3) is 10.1 Å². The lowest BCUT2D eigenvalue weighted by Gasteiger charge is -2.28. The van der Waals surface area contributed by atoms with Gasteiger partial charge in [-0.05, 0) is 31.9 Å². The monoisotopic (exact) mass is 432 g/mol. The van der Waals surface area contributed by atoms with Crippen LogP contribution in [0.5, 0.6) is 0 Å². The maximum Gasteiger partial charge on any atom is 0.348 e. The fourth-order valence-electron chi connectivity index (χ4n) is 4.16. The number of halogens is 1. The summed E-state index contributed by atoms with van der Waals surface area (Å²) >= 11 is 1.04. The minimum atomic E-state index is -0.948. The number of ether oxygens (including phenoxy) is 1. The van der Waals surface area contributed by atoms with Crippen LogP contribution >= 0.6 is 11.3 Å². The van der Waals surface area contributed by atoms with Crippen molar-refractivity contribution in [3.8, 4) is 0 Å². The van der Waals surface area contributed by atoms with Gasteiger partial charge in [0.2, 0.25) is 0 Å². The lowest BCUT2D eigenvalue weighted by molar-refractivity contribution is -0.144. The van der Waals surface area contributed by atoms with Gasteiger partial charge in [0.1, 0.15) is 10.7 Å². The van der Waals surface area contributed by atoms with Crippen molar-refractivity contribution in [1.82, 2.24) is 9.80 Å². The Hall–Kier alpha value is -2.81. The highest BCUT2D eigenvalue weighted by Gasteiger charge is 2.48. The molecule has 1 aliphatic carbocycles. The Bertz CT molecular complexity index is 1040. The van der Waals surface area contributed by atoms with Crippen LogP contribution in [0, 0.1) is 5.82 Å². The number of rotatable bonds is 5. The van der Waals surface area contributed by atoms with Gasteiger partial charge in [-0.3, -0.25) is 19.4 Å². The molecule has 4 rings (SSSR count). The van der Waals surface area contributed by atoms with Gasteiger partial charge < -0.3 is 4.74 Å². The number of benzene rings is 1. The van der Waals surface area contributed by atoms with Gasteiger partial charge in [-0.15, -0.1) is 11.3 Å². The summed E-state index contributed by atoms with van der Waals surface area (Å²) < 4.78 is 20.2. The van der Waals surface area contributed by atoms with E-state index in [0.29, 0.717) is 17.5 Å². The minimum Gasteiger partial charge on any atom is -0.462 e. The van der Waals surface area contributed by atoms with Crippen LogP contribution in [0.15, 0.2) is 18.2 Å². The lowest BCUT2D eigenvalue weighted by Crippen LogP contribution is -2.42. The van der Waals surface area contributed by atoms with E-state index in [2.05, 4.69) is 0 Å². The second kappa shape index (κ2) is 8.14. The standard InChI is InChI=1S/C21H21FN2O5S/c1-2-29-20(27)17-13(16-14(22)9-6-10-15(16)30-17)11-23-18(25)19(26)24(21(23)28)12-7-4-3-5-8-12/h6,9-10,12H,2-5,7-8,11H2,1H3. The van der Waals surface area contributed by atoms with E-state index in [-0.39, 0.29) is 35.0 Å². The van der Waals surface area contributed by atoms with E-state index in [1.807, 2.05) is 0 Å². The Labute approximate surface area is 176 Å². The molecule has 1 aliphatic heterocycles. The number of esters is 1. The summed E-state index contributed by atoms with van der Waals surface area (Å²) in [5.41, 5.74) is 0.187. The van der Waals surface area contributed by atoms with E-state index in [0.717, 1.165) is 40.4 Å². The Morgan fingerprint density at radius 2 is 1.90 bits per heavy atom. The van der Waals surface area contributed by atoms with E-state index in [1.165, 1.54) is 12.1 Å². The molecule has 1 saturated carbocycles. The van der Waals surface area contributed by atoms with Crippen LogP contribution in [0.4, 0.5) is 9.18 Å². The average molecular weight is 432 g/mol. The molecule has 2 aromatic rings. The quantitative estimate of drug-likeness (QED) is 0.407. The van der Waals surface area contributed by atoms with Gasteiger partial charge in [0.15, 0.2) is 0 Å². The summed E-state index contributed by atoms with van der Waals surface area (Å²) in [6, 6.07) is 3.42. The van der Waals surface area contributed by atoms with Gasteiger partial charge >= 0.3 is 23.8 Å². The Balaban J connectivity index is 1.72. The smallest absolute Gasteiger partial charge is 0.348 e. The van der Waals surface area contributed by atoms with Crippen molar-refractivity contribution in [3.05, 3.63) is 34.5 Å². The zero-order chi connectivity index (χ0) is 21.4. The highest BCUT2D eigenvalue weighted by atomic mass is 32.1. The highest BCUT2D eigenvalue weighted by Crippen LogP contribution is 2.36. The van der Waals surface area contributed by atoms with Crippen molar-refractivity contribution in [1.29, 1.82) is 0 Å². The first-order chi connectivity index (χ1) is 14.4. The first kappa shape index (κ1) is 20.5. The van der Waals surface area contributed by atoms with Crippen molar-refractivity contribution >= 4 is 45.2 Å². The molecule has 0 N–H and O–H groups in total. The van der Waals surface area contributed by atoms with Crippen molar-refractivity contribution < 1.29 is 28.3 Å². The van der Waals surface area contributed by atoms with Crippen LogP contribution in [-0.2, 0) is 20.9 Å². The first-order valence-corrected chi connectivity index (χ1v) is 10.8. The molecule has 4 amide bonds. The molecule has 2 aliphatic rings. The summed E-state index contributed by atoms with van der Waals surface area (Å²) in [5, 5.41) is 0.162. The molecule has 1 aromatic heterocycles. The predicted molar refractivity (Wildman–Crippen MR) is 107 cm³/mol. The van der Waals surface area contributed by atoms with Gasteiger partial charge in [0, 0.05) is 21.7 Å². The Morgan fingerprint density at radius 1 is 1.17 bits per heavy atom. The average Bonchev–Trinajstić information content (AvgIpc) is 3.21. The van der Waals surface area contributed by atoms with Gasteiger partial charge in [-0.25, -0.2) is 14.0 Å². The zero-order valence-electron chi connectivity index (χ0n) is 16.5. The second-order valence-corrected chi connectivity index (χ2v) is 8.44. The van der Waals surface area contributed by atoms with Crippen molar-refractivity contribution in [2.75, 3.05) is 6.61 Å². The number of imide groups is 2. The van der Waals surface area contributed by atoms with Crippen LogP contribution in [-0.4, -0.2) is 46.3 Å². The van der Waals surface area contributed by atoms with Crippen LogP contribution in [0.1, 0.15) is 54.3 Å². The third-order valence-corrected chi connectivity index (χ3v) is 6.74. The lowest BCUT2D eigenvalue weighted by atomic mass is 9.94. The number of amides is 4. The fourth-order valence-corrected chi connectivity index (χ4v) is 5.28. The summed E-state index contributed by atoms with van der Waals surface area (Å²) in [6.07, 6.45) is 4.16. The molecule has 2 fully saturated rings. The van der Waals surface area contributed by atoms with E-state index < -0.39 is 29.6 Å². The number of fused-ring (bicyclic) bond motifs is 1. The molecule has 0 unspecified atom stereocenters. The Morgan fingerprint density at radius 3 is 2.60 bits per heavy atom. The van der Waals surface area contributed by atoms with Crippen LogP contribution in [0.2, 0.25) is 0 Å². The normalized spacial score (nSPS) is 18.0. The van der Waals surface area contributed by atoms with Gasteiger partial charge in [-0.1, -0.05) is 25.3 Å². The number of thiophene rings is 1. The molecule has 0 atom stereocenters. The molecule has 0 bridgehead atoms. The topological polar surface area (TPSA) is 84.0 Å². The zero-order valence-corrected chi connectivity index (χ0v) is 17.3. The largest absolute Gasteiger partial charge is 0.462 e. The third-order valence-electron chi connectivity index (χ3n) is 5.56. The summed E-state index contributed by atoms with van der Waals surface area (Å²) in [7, 11) is 0. The van der Waals surface area contributed by atoms with Crippen LogP contribution in [0.3, 0.4) is 0 Å². The number of carbonyl (C=O) groups excluding carboxylic acids is 4. The van der Waals surface area contributed by atoms with Crippen molar-refractivity contribution in [2.24, 2.45) is 0 Å². The Kier molecular flexibility index (Phi) is 5.55. The second-order valence-electron chi connectivity index (χ2n) is 7.38. The summed E-state index contributed by atoms with van der Waals surface area (Å²) in [6.45, 7) is 1.42. The molecule has 2 heterocycles. The van der Waals surface area contributed by atoms with Gasteiger partial charge in [0.05, 0.1) is 13.2 Å². The fraction of sp³-hybridized carbons (Fsp3) is 0.429. The number of nitrogens with zero attached hydrogens (tertiary/aromatic N) is 2. The summed E-state index contributed by atoms with van der Waals surface area (Å²) in [4.78, 5) is 52.6. The number of urea groups is 1. The molecule has 158 valence electrons. The molecule has 30 heavy (non-hydrogen) atoms. The number of hydrogen-bond donors (Lipinski definition) is 0. The molecular formula is C21H21FN2O5S. The maximum atomic E-state index is 14.6. The molecule has 0 radical (unpaired) electrons. The highest BCUT2D eigenvalue weighted by molar-refractivity contribution is 7.21. The van der Waals surface area contributed by atoms with E-state index >= 15 is 0 Å². The number of hydrogen-bond acceptors (Lipinski definition) is 6. The maximum absolute atomic E-state index is 14.6. The van der Waals surface area contributed by atoms with Gasteiger partial charge in [-0.2, -0.15) is 0 Å². The molecular weight excluding hydrogens is 411 g/mol. The molecule has 0 spiro atoms. The van der Waals surface area contributed by atoms with Crippen LogP contribution < -0.4 is 0 Å². The SMILES string of the molecule is CCOC(=O)c1sc2cccc(F)c2c1CN1C(=O)C(=O)N(C2CCCCC2)C1=O. The van der Waals surface area contributed by atoms with E-state index in [1.54, 1.807) is 13.0 Å². The molecule has 9 heteroatoms. The van der Waals surface area contributed by atoms with E-state index in [9.17, 15) is 23.6 Å². The van der Waals surface area contributed by atoms with Gasteiger partial charge in [0.25, 0.3) is 0 Å². The third kappa shape index (κ3) is 3.36. The van der Waals surface area contributed by atoms with E-state index in [4.69, 9.17) is 4.74 Å². The minimum absolute atomic E-state index is 0.126. The van der Waals surface area contributed by atoms with Crippen molar-refractivity contribution in [2.45, 2.75) is 51.6 Å². The molecule has 7 nitrogen and oxygen atoms in total. The number of carbonyl (C=O) groups is 4.